The van der Waals surface area contributed by atoms with Crippen molar-refractivity contribution in [1.82, 2.24) is 9.47 Å². The van der Waals surface area contributed by atoms with Gasteiger partial charge < -0.3 is 14.2 Å². The van der Waals surface area contributed by atoms with Gasteiger partial charge in [-0.25, -0.2) is 4.79 Å². The van der Waals surface area contributed by atoms with E-state index in [0.29, 0.717) is 13.0 Å². The highest BCUT2D eigenvalue weighted by Crippen LogP contribution is 2.49. The van der Waals surface area contributed by atoms with Crippen molar-refractivity contribution in [3.05, 3.63) is 47.7 Å². The van der Waals surface area contributed by atoms with E-state index in [1.807, 2.05) is 42.2 Å². The molecule has 0 saturated carbocycles. The summed E-state index contributed by atoms with van der Waals surface area (Å²) in [4.78, 5) is 27.1. The van der Waals surface area contributed by atoms with Crippen LogP contribution in [0.1, 0.15) is 31.1 Å². The highest BCUT2D eigenvalue weighted by molar-refractivity contribution is 6.27. The number of halogens is 1. The number of fused-ring (bicyclic) bond motifs is 6. The summed E-state index contributed by atoms with van der Waals surface area (Å²) in [7, 11) is 1.43. The average Bonchev–Trinajstić information content (AvgIpc) is 3.07. The first-order valence-electron chi connectivity index (χ1n) is 8.79. The summed E-state index contributed by atoms with van der Waals surface area (Å²) >= 11 is 5.87. The van der Waals surface area contributed by atoms with Crippen LogP contribution < -0.4 is 0 Å². The van der Waals surface area contributed by atoms with E-state index in [1.165, 1.54) is 7.11 Å². The van der Waals surface area contributed by atoms with Crippen LogP contribution in [0.25, 0.3) is 10.9 Å². The largest absolute Gasteiger partial charge is 0.467 e. The summed E-state index contributed by atoms with van der Waals surface area (Å²) in [6.45, 7) is 2.46. The summed E-state index contributed by atoms with van der Waals surface area (Å²) in [5.41, 5.74) is 3.05. The maximum absolute atomic E-state index is 12.7. The van der Waals surface area contributed by atoms with E-state index in [0.717, 1.165) is 22.2 Å². The van der Waals surface area contributed by atoms with E-state index < -0.39 is 6.04 Å². The molecule has 1 aromatic carbocycles. The number of nitrogens with zero attached hydrogens (tertiary/aromatic N) is 2. The predicted molar refractivity (Wildman–Crippen MR) is 100 cm³/mol. The van der Waals surface area contributed by atoms with E-state index in [9.17, 15) is 9.59 Å². The van der Waals surface area contributed by atoms with Gasteiger partial charge in [0.1, 0.15) is 11.9 Å². The predicted octanol–water partition coefficient (Wildman–Crippen LogP) is 3.44. The Bertz CT molecular complexity index is 917. The lowest BCUT2D eigenvalue weighted by Crippen LogP contribution is -2.50. The Morgan fingerprint density at radius 3 is 2.81 bits per heavy atom. The van der Waals surface area contributed by atoms with E-state index >= 15 is 0 Å². The summed E-state index contributed by atoms with van der Waals surface area (Å²) in [6.07, 6.45) is 2.72. The number of hydrogen-bond acceptors (Lipinski definition) is 3. The number of alkyl halides is 1. The third-order valence-electron chi connectivity index (χ3n) is 5.71. The van der Waals surface area contributed by atoms with Crippen LogP contribution in [0.5, 0.6) is 0 Å². The first-order valence-corrected chi connectivity index (χ1v) is 9.32. The monoisotopic (exact) mass is 372 g/mol. The fraction of sp³-hybridized carbons (Fsp3) is 0.400. The first kappa shape index (κ1) is 17.2. The Labute approximate surface area is 157 Å². The smallest absolute Gasteiger partial charge is 0.329 e. The van der Waals surface area contributed by atoms with Gasteiger partial charge in [0.15, 0.2) is 0 Å². The van der Waals surface area contributed by atoms with Crippen LogP contribution in [0.3, 0.4) is 0 Å². The van der Waals surface area contributed by atoms with Crippen molar-refractivity contribution in [2.75, 3.05) is 19.5 Å². The number of esters is 1. The van der Waals surface area contributed by atoms with E-state index in [1.54, 1.807) is 0 Å². The van der Waals surface area contributed by atoms with Crippen LogP contribution >= 0.6 is 11.6 Å². The Morgan fingerprint density at radius 2 is 2.12 bits per heavy atom. The number of carbonyl (C=O) groups excluding carboxylic acids is 2. The maximum atomic E-state index is 12.7. The van der Waals surface area contributed by atoms with E-state index in [-0.39, 0.29) is 29.7 Å². The van der Waals surface area contributed by atoms with Gasteiger partial charge in [-0.2, -0.15) is 0 Å². The number of piperidine rings is 1. The zero-order chi connectivity index (χ0) is 18.4. The minimum atomic E-state index is -0.411. The van der Waals surface area contributed by atoms with Crippen molar-refractivity contribution in [1.29, 1.82) is 0 Å². The third-order valence-corrected chi connectivity index (χ3v) is 5.94. The molecule has 1 fully saturated rings. The molecule has 0 aliphatic carbocycles. The molecule has 2 aliphatic rings. The lowest BCUT2D eigenvalue weighted by molar-refractivity contribution is -0.148. The van der Waals surface area contributed by atoms with Gasteiger partial charge >= 0.3 is 5.97 Å². The van der Waals surface area contributed by atoms with Crippen molar-refractivity contribution in [3.8, 4) is 0 Å². The summed E-state index contributed by atoms with van der Waals surface area (Å²) < 4.78 is 7.22. The van der Waals surface area contributed by atoms with Crippen LogP contribution in [0.2, 0.25) is 0 Å². The van der Waals surface area contributed by atoms with Crippen molar-refractivity contribution in [2.45, 2.75) is 25.4 Å². The molecule has 0 unspecified atom stereocenters. The quantitative estimate of drug-likeness (QED) is 0.461. The topological polar surface area (TPSA) is 51.5 Å². The number of allylic oxidation sites excluding steroid dienone is 1. The molecule has 3 heterocycles. The SMILES string of the molecule is C/C=C1/CN(C(=O)CCl)[C@H]2C[C@@H]1[C@@H](C(=O)OC)n1c2cc2ccccc21. The molecule has 6 heteroatoms. The fourth-order valence-electron chi connectivity index (χ4n) is 4.53. The van der Waals surface area contributed by atoms with Gasteiger partial charge in [-0.3, -0.25) is 4.79 Å². The Morgan fingerprint density at radius 1 is 1.35 bits per heavy atom. The number of amides is 1. The first-order chi connectivity index (χ1) is 12.6. The second-order valence-corrected chi connectivity index (χ2v) is 7.11. The number of para-hydroxylation sites is 1. The molecule has 2 aliphatic heterocycles. The molecule has 1 saturated heterocycles. The molecule has 136 valence electrons. The molecular weight excluding hydrogens is 352 g/mol. The number of methoxy groups -OCH3 is 1. The zero-order valence-corrected chi connectivity index (χ0v) is 15.6. The third kappa shape index (κ3) is 2.37. The molecule has 4 rings (SSSR count). The number of likely N-dealkylation sites (tertiary alicyclic amines) is 1. The number of benzene rings is 1. The zero-order valence-electron chi connectivity index (χ0n) is 14.8. The molecule has 3 atom stereocenters. The van der Waals surface area contributed by atoms with Gasteiger partial charge in [0, 0.05) is 23.7 Å². The highest BCUT2D eigenvalue weighted by Gasteiger charge is 2.48. The van der Waals surface area contributed by atoms with Crippen LogP contribution in [0.15, 0.2) is 42.0 Å². The Hall–Kier alpha value is -2.27. The second kappa shape index (κ2) is 6.47. The van der Waals surface area contributed by atoms with Gasteiger partial charge in [-0.15, -0.1) is 11.6 Å². The van der Waals surface area contributed by atoms with E-state index in [4.69, 9.17) is 16.3 Å². The number of aromatic nitrogens is 1. The van der Waals surface area contributed by atoms with Crippen LogP contribution in [0, 0.1) is 5.92 Å². The molecular formula is C20H21ClN2O3. The minimum Gasteiger partial charge on any atom is -0.467 e. The Kier molecular flexibility index (Phi) is 4.27. The van der Waals surface area contributed by atoms with Gasteiger partial charge in [-0.05, 0) is 36.4 Å². The van der Waals surface area contributed by atoms with Crippen molar-refractivity contribution in [3.63, 3.8) is 0 Å². The molecule has 1 aromatic heterocycles. The van der Waals surface area contributed by atoms with Crippen molar-refractivity contribution < 1.29 is 14.3 Å². The van der Waals surface area contributed by atoms with Crippen LogP contribution in [0.4, 0.5) is 0 Å². The fourth-order valence-corrected chi connectivity index (χ4v) is 4.69. The van der Waals surface area contributed by atoms with Gasteiger partial charge in [0.05, 0.1) is 13.2 Å². The molecule has 5 nitrogen and oxygen atoms in total. The van der Waals surface area contributed by atoms with Gasteiger partial charge in [0.2, 0.25) is 5.91 Å². The second-order valence-electron chi connectivity index (χ2n) is 6.84. The molecule has 26 heavy (non-hydrogen) atoms. The van der Waals surface area contributed by atoms with Gasteiger partial charge in [0.25, 0.3) is 0 Å². The summed E-state index contributed by atoms with van der Waals surface area (Å²) in [5.74, 6) is -0.353. The molecule has 2 bridgehead atoms. The Balaban J connectivity index is 1.97. The van der Waals surface area contributed by atoms with Crippen molar-refractivity contribution >= 4 is 34.4 Å². The normalized spacial score (nSPS) is 26.0. The molecule has 2 aromatic rings. The lowest BCUT2D eigenvalue weighted by Gasteiger charge is -2.48. The molecule has 0 spiro atoms. The molecule has 0 N–H and O–H groups in total. The van der Waals surface area contributed by atoms with Gasteiger partial charge in [-0.1, -0.05) is 24.3 Å². The van der Waals surface area contributed by atoms with Crippen LogP contribution in [-0.4, -0.2) is 40.9 Å². The average molecular weight is 373 g/mol. The number of hydrogen-bond donors (Lipinski definition) is 0. The molecule has 1 amide bonds. The van der Waals surface area contributed by atoms with Crippen LogP contribution in [-0.2, 0) is 14.3 Å². The standard InChI is InChI=1S/C20H21ClN2O3/c1-3-12-11-22(18(24)10-21)16-9-14(12)19(20(25)26-2)23-15-7-5-4-6-13(15)8-17(16)23/h3-8,14,16,19H,9-11H2,1-2H3/b12-3-/t14-,16-,19-/m0/s1. The maximum Gasteiger partial charge on any atom is 0.329 e. The number of rotatable bonds is 2. The number of ether oxygens (including phenoxy) is 1. The lowest BCUT2D eigenvalue weighted by atomic mass is 9.77. The summed E-state index contributed by atoms with van der Waals surface area (Å²) in [5, 5.41) is 1.06. The summed E-state index contributed by atoms with van der Waals surface area (Å²) in [6, 6.07) is 9.58. The van der Waals surface area contributed by atoms with Crippen molar-refractivity contribution in [2.24, 2.45) is 5.92 Å². The van der Waals surface area contributed by atoms with E-state index in [2.05, 4.69) is 10.6 Å². The minimum absolute atomic E-state index is 0.0140. The molecule has 0 radical (unpaired) electrons. The highest BCUT2D eigenvalue weighted by atomic mass is 35.5. The number of carbonyl (C=O) groups is 2.